The van der Waals surface area contributed by atoms with E-state index in [-0.39, 0.29) is 23.8 Å². The zero-order valence-corrected chi connectivity index (χ0v) is 20.4. The lowest BCUT2D eigenvalue weighted by atomic mass is 9.96. The molecule has 2 aliphatic heterocycles. The highest BCUT2D eigenvalue weighted by Gasteiger charge is 2.35. The Morgan fingerprint density at radius 2 is 1.91 bits per heavy atom. The molecular weight excluding hydrogens is 452 g/mol. The quantitative estimate of drug-likeness (QED) is 0.670. The summed E-state index contributed by atoms with van der Waals surface area (Å²) in [6, 6.07) is 7.83. The predicted molar refractivity (Wildman–Crippen MR) is 132 cm³/mol. The number of nitrogens with two attached hydrogens (primary N) is 1. The van der Waals surface area contributed by atoms with Gasteiger partial charge >= 0.3 is 0 Å². The summed E-state index contributed by atoms with van der Waals surface area (Å²) < 4.78 is 0. The molecule has 0 bridgehead atoms. The first-order chi connectivity index (χ1) is 16.4. The molecule has 182 valence electrons. The summed E-state index contributed by atoms with van der Waals surface area (Å²) in [6.07, 6.45) is 2.68. The van der Waals surface area contributed by atoms with Crippen molar-refractivity contribution in [3.8, 4) is 0 Å². The van der Waals surface area contributed by atoms with Crippen molar-refractivity contribution in [1.82, 2.24) is 19.8 Å². The molecule has 1 aliphatic carbocycles. The van der Waals surface area contributed by atoms with Crippen LogP contribution in [-0.2, 0) is 4.79 Å². The minimum Gasteiger partial charge on any atom is -0.387 e. The molecule has 3 N–H and O–H groups in total. The number of halogens is 1. The molecule has 0 spiro atoms. The van der Waals surface area contributed by atoms with Crippen molar-refractivity contribution < 1.29 is 9.90 Å². The molecule has 3 aliphatic rings. The standard InChI is InChI=1S/C25H33ClN6O2/c1-16-12-21(33)23-22(16)24(29-15-28-23)31-8-10-32(11-9-31)25(34)20(14-30-7-6-19(27)13-30)17-2-4-18(26)5-3-17/h2-5,15-16,19-21,33H,6-14,27H2,1H3/t16-,19-,20+,21-/m1/s1. The highest BCUT2D eigenvalue weighted by molar-refractivity contribution is 6.30. The van der Waals surface area contributed by atoms with E-state index in [1.54, 1.807) is 6.33 Å². The molecular formula is C25H33ClN6O2. The summed E-state index contributed by atoms with van der Waals surface area (Å²) in [6.45, 7) is 7.23. The number of piperazine rings is 1. The topological polar surface area (TPSA) is 98.8 Å². The molecule has 4 atom stereocenters. The summed E-state index contributed by atoms with van der Waals surface area (Å²) in [7, 11) is 0. The molecule has 2 saturated heterocycles. The number of amides is 1. The fraction of sp³-hybridized carbons (Fsp3) is 0.560. The van der Waals surface area contributed by atoms with Crippen molar-refractivity contribution in [3.63, 3.8) is 0 Å². The Kier molecular flexibility index (Phi) is 6.75. The highest BCUT2D eigenvalue weighted by Crippen LogP contribution is 2.42. The van der Waals surface area contributed by atoms with Gasteiger partial charge in [-0.05, 0) is 43.0 Å². The molecule has 2 fully saturated rings. The minimum absolute atomic E-state index is 0.152. The number of likely N-dealkylation sites (tertiary alicyclic amines) is 1. The number of hydrogen-bond acceptors (Lipinski definition) is 7. The molecule has 2 aromatic rings. The van der Waals surface area contributed by atoms with Gasteiger partial charge in [-0.1, -0.05) is 30.7 Å². The van der Waals surface area contributed by atoms with Gasteiger partial charge in [0.15, 0.2) is 0 Å². The lowest BCUT2D eigenvalue weighted by Gasteiger charge is -2.38. The van der Waals surface area contributed by atoms with Crippen LogP contribution in [-0.4, -0.2) is 82.6 Å². The Bertz CT molecular complexity index is 1030. The summed E-state index contributed by atoms with van der Waals surface area (Å²) in [4.78, 5) is 29.1. The minimum atomic E-state index is -0.520. The fourth-order valence-electron chi connectivity index (χ4n) is 5.62. The van der Waals surface area contributed by atoms with Crippen LogP contribution >= 0.6 is 11.6 Å². The molecule has 3 heterocycles. The van der Waals surface area contributed by atoms with Crippen molar-refractivity contribution in [2.45, 2.75) is 43.7 Å². The van der Waals surface area contributed by atoms with Crippen LogP contribution in [0, 0.1) is 0 Å². The molecule has 9 heteroatoms. The van der Waals surface area contributed by atoms with Gasteiger partial charge in [0.25, 0.3) is 0 Å². The van der Waals surface area contributed by atoms with Gasteiger partial charge in [0.2, 0.25) is 5.91 Å². The molecule has 1 aromatic heterocycles. The van der Waals surface area contributed by atoms with E-state index in [4.69, 9.17) is 17.3 Å². The number of hydrogen-bond donors (Lipinski definition) is 2. The number of carbonyl (C=O) groups excluding carboxylic acids is 1. The molecule has 34 heavy (non-hydrogen) atoms. The normalized spacial score (nSPS) is 26.1. The van der Waals surface area contributed by atoms with E-state index in [9.17, 15) is 9.90 Å². The van der Waals surface area contributed by atoms with E-state index >= 15 is 0 Å². The molecule has 5 rings (SSSR count). The van der Waals surface area contributed by atoms with E-state index < -0.39 is 6.10 Å². The number of fused-ring (bicyclic) bond motifs is 1. The summed E-state index contributed by atoms with van der Waals surface area (Å²) >= 11 is 6.11. The second kappa shape index (κ2) is 9.77. The number of aromatic nitrogens is 2. The van der Waals surface area contributed by atoms with Crippen LogP contribution < -0.4 is 10.6 Å². The lowest BCUT2D eigenvalue weighted by Crippen LogP contribution is -2.51. The maximum atomic E-state index is 13.7. The first-order valence-corrected chi connectivity index (χ1v) is 12.6. The van der Waals surface area contributed by atoms with Gasteiger partial charge in [-0.2, -0.15) is 0 Å². The van der Waals surface area contributed by atoms with Gasteiger partial charge < -0.3 is 25.5 Å². The van der Waals surface area contributed by atoms with Gasteiger partial charge in [0.05, 0.1) is 17.7 Å². The third-order valence-electron chi connectivity index (χ3n) is 7.49. The van der Waals surface area contributed by atoms with Crippen molar-refractivity contribution in [2.24, 2.45) is 5.73 Å². The van der Waals surface area contributed by atoms with Gasteiger partial charge in [0, 0.05) is 55.9 Å². The summed E-state index contributed by atoms with van der Waals surface area (Å²) in [5.74, 6) is 1.04. The van der Waals surface area contributed by atoms with Gasteiger partial charge in [-0.3, -0.25) is 4.79 Å². The van der Waals surface area contributed by atoms with Crippen LogP contribution in [0.1, 0.15) is 54.5 Å². The summed E-state index contributed by atoms with van der Waals surface area (Å²) in [5.41, 5.74) is 8.92. The zero-order valence-electron chi connectivity index (χ0n) is 19.6. The van der Waals surface area contributed by atoms with Crippen molar-refractivity contribution >= 4 is 23.3 Å². The van der Waals surface area contributed by atoms with Gasteiger partial charge in [-0.25, -0.2) is 9.97 Å². The number of nitrogens with zero attached hydrogens (tertiary/aromatic N) is 5. The van der Waals surface area contributed by atoms with E-state index in [2.05, 4.69) is 26.7 Å². The third kappa shape index (κ3) is 4.64. The number of rotatable bonds is 5. The second-order valence-corrected chi connectivity index (χ2v) is 10.3. The monoisotopic (exact) mass is 484 g/mol. The Morgan fingerprint density at radius 1 is 1.18 bits per heavy atom. The molecule has 0 saturated carbocycles. The number of anilines is 1. The van der Waals surface area contributed by atoms with Crippen molar-refractivity contribution in [3.05, 3.63) is 52.4 Å². The summed E-state index contributed by atoms with van der Waals surface area (Å²) in [5, 5.41) is 11.0. The lowest BCUT2D eigenvalue weighted by molar-refractivity contribution is -0.133. The first kappa shape index (κ1) is 23.5. The number of aliphatic hydroxyl groups excluding tert-OH is 1. The fourth-order valence-corrected chi connectivity index (χ4v) is 5.75. The largest absolute Gasteiger partial charge is 0.387 e. The van der Waals surface area contributed by atoms with Crippen LogP contribution in [0.25, 0.3) is 0 Å². The van der Waals surface area contributed by atoms with Crippen LogP contribution in [0.3, 0.4) is 0 Å². The average Bonchev–Trinajstić information content (AvgIpc) is 3.39. The Morgan fingerprint density at radius 3 is 2.59 bits per heavy atom. The van der Waals surface area contributed by atoms with E-state index in [0.717, 1.165) is 42.1 Å². The van der Waals surface area contributed by atoms with E-state index in [1.165, 1.54) is 0 Å². The molecule has 8 nitrogen and oxygen atoms in total. The van der Waals surface area contributed by atoms with E-state index in [1.807, 2.05) is 29.2 Å². The maximum absolute atomic E-state index is 13.7. The predicted octanol–water partition coefficient (Wildman–Crippen LogP) is 2.14. The van der Waals surface area contributed by atoms with Crippen molar-refractivity contribution in [2.75, 3.05) is 50.7 Å². The Labute approximate surface area is 205 Å². The molecule has 0 unspecified atom stereocenters. The third-order valence-corrected chi connectivity index (χ3v) is 7.74. The second-order valence-electron chi connectivity index (χ2n) is 9.87. The van der Waals surface area contributed by atoms with Crippen LogP contribution in [0.2, 0.25) is 5.02 Å². The first-order valence-electron chi connectivity index (χ1n) is 12.2. The number of carbonyl (C=O) groups is 1. The smallest absolute Gasteiger partial charge is 0.231 e. The Hall–Kier alpha value is -2.26. The Balaban J connectivity index is 1.30. The van der Waals surface area contributed by atoms with Crippen LogP contribution in [0.15, 0.2) is 30.6 Å². The zero-order chi connectivity index (χ0) is 23.8. The average molecular weight is 485 g/mol. The van der Waals surface area contributed by atoms with E-state index in [0.29, 0.717) is 44.2 Å². The SMILES string of the molecule is C[C@@H]1C[C@@H](O)c2ncnc(N3CCN(C(=O)[C@@H](CN4CC[C@@H](N)C4)c4ccc(Cl)cc4)CC3)c21. The van der Waals surface area contributed by atoms with Crippen molar-refractivity contribution in [1.29, 1.82) is 0 Å². The molecule has 1 aromatic carbocycles. The highest BCUT2D eigenvalue weighted by atomic mass is 35.5. The van der Waals surface area contributed by atoms with Gasteiger partial charge in [0.1, 0.15) is 12.1 Å². The maximum Gasteiger partial charge on any atom is 0.231 e. The van der Waals surface area contributed by atoms with Crippen LogP contribution in [0.5, 0.6) is 0 Å². The van der Waals surface area contributed by atoms with Crippen LogP contribution in [0.4, 0.5) is 5.82 Å². The number of aliphatic hydroxyl groups is 1. The number of benzene rings is 1. The molecule has 1 amide bonds. The van der Waals surface area contributed by atoms with Gasteiger partial charge in [-0.15, -0.1) is 0 Å². The molecule has 0 radical (unpaired) electrons.